The number of aromatic nitrogens is 1. The molecular formula is C7H11N3O2S. The Morgan fingerprint density at radius 3 is 2.69 bits per heavy atom. The molecule has 6 heteroatoms. The van der Waals surface area contributed by atoms with Crippen LogP contribution in [0.4, 0.5) is 5.13 Å². The van der Waals surface area contributed by atoms with Crippen LogP contribution in [0.5, 0.6) is 0 Å². The Balaban J connectivity index is 2.94. The fraction of sp³-hybridized carbons (Fsp3) is 0.429. The minimum Gasteiger partial charge on any atom is -0.375 e. The molecule has 1 aromatic heterocycles. The molecule has 0 unspecified atom stereocenters. The Morgan fingerprint density at radius 1 is 1.69 bits per heavy atom. The average molecular weight is 201 g/mol. The van der Waals surface area contributed by atoms with E-state index in [0.717, 1.165) is 16.4 Å². The van der Waals surface area contributed by atoms with E-state index in [-0.39, 0.29) is 5.91 Å². The van der Waals surface area contributed by atoms with E-state index in [4.69, 9.17) is 10.6 Å². The number of nitrogen functional groups attached to an aromatic ring is 1. The molecule has 0 aliphatic rings. The highest BCUT2D eigenvalue weighted by molar-refractivity contribution is 7.17. The van der Waals surface area contributed by atoms with Crippen LogP contribution in [0.15, 0.2) is 0 Å². The molecule has 0 aliphatic carbocycles. The van der Waals surface area contributed by atoms with Gasteiger partial charge in [-0.25, -0.2) is 10.0 Å². The van der Waals surface area contributed by atoms with Crippen LogP contribution in [0.25, 0.3) is 0 Å². The van der Waals surface area contributed by atoms with Gasteiger partial charge in [0.15, 0.2) is 5.13 Å². The van der Waals surface area contributed by atoms with Gasteiger partial charge in [-0.1, -0.05) is 11.3 Å². The molecule has 72 valence electrons. The Morgan fingerprint density at radius 2 is 2.31 bits per heavy atom. The third-order valence-electron chi connectivity index (χ3n) is 1.57. The highest BCUT2D eigenvalue weighted by Gasteiger charge is 2.17. The fourth-order valence-corrected chi connectivity index (χ4v) is 1.64. The number of anilines is 1. The van der Waals surface area contributed by atoms with Crippen LogP contribution in [0.3, 0.4) is 0 Å². The third kappa shape index (κ3) is 1.96. The van der Waals surface area contributed by atoms with E-state index in [1.807, 2.05) is 0 Å². The van der Waals surface area contributed by atoms with Crippen molar-refractivity contribution in [1.82, 2.24) is 10.0 Å². The van der Waals surface area contributed by atoms with E-state index >= 15 is 0 Å². The lowest BCUT2D eigenvalue weighted by Crippen LogP contribution is -2.25. The smallest absolute Gasteiger partial charge is 0.289 e. The van der Waals surface area contributed by atoms with Crippen molar-refractivity contribution in [1.29, 1.82) is 0 Å². The first-order valence-corrected chi connectivity index (χ1v) is 4.43. The summed E-state index contributed by atoms with van der Waals surface area (Å²) in [6, 6.07) is 0. The number of hydrogen-bond donors (Lipinski definition) is 1. The van der Waals surface area contributed by atoms with Gasteiger partial charge in [-0.15, -0.1) is 0 Å². The van der Waals surface area contributed by atoms with Gasteiger partial charge in [-0.3, -0.25) is 9.63 Å². The van der Waals surface area contributed by atoms with E-state index in [9.17, 15) is 4.79 Å². The number of carbonyl (C=O) groups is 1. The van der Waals surface area contributed by atoms with Gasteiger partial charge in [0.05, 0.1) is 12.8 Å². The number of carbonyl (C=O) groups excluding carboxylic acids is 1. The highest BCUT2D eigenvalue weighted by atomic mass is 32.1. The lowest BCUT2D eigenvalue weighted by molar-refractivity contribution is -0.0754. The molecule has 1 aromatic rings. The van der Waals surface area contributed by atoms with Crippen LogP contribution >= 0.6 is 11.3 Å². The number of amides is 1. The summed E-state index contributed by atoms with van der Waals surface area (Å²) in [6.07, 6.45) is 0. The van der Waals surface area contributed by atoms with E-state index in [2.05, 4.69) is 4.98 Å². The maximum Gasteiger partial charge on any atom is 0.289 e. The van der Waals surface area contributed by atoms with Gasteiger partial charge in [0.1, 0.15) is 4.88 Å². The van der Waals surface area contributed by atoms with Crippen LogP contribution in [0.1, 0.15) is 15.4 Å². The second-order valence-corrected chi connectivity index (χ2v) is 3.48. The first kappa shape index (κ1) is 9.94. The Labute approximate surface area is 80.1 Å². The van der Waals surface area contributed by atoms with Crippen LogP contribution in [-0.2, 0) is 4.84 Å². The molecule has 0 fully saturated rings. The molecule has 0 atom stereocenters. The quantitative estimate of drug-likeness (QED) is 0.714. The van der Waals surface area contributed by atoms with Crippen molar-refractivity contribution in [3.8, 4) is 0 Å². The number of hydrogen-bond acceptors (Lipinski definition) is 5. The van der Waals surface area contributed by atoms with Crippen molar-refractivity contribution in [2.24, 2.45) is 0 Å². The maximum absolute atomic E-state index is 11.5. The predicted molar refractivity (Wildman–Crippen MR) is 50.4 cm³/mol. The summed E-state index contributed by atoms with van der Waals surface area (Å²) >= 11 is 1.16. The van der Waals surface area contributed by atoms with Crippen molar-refractivity contribution >= 4 is 22.4 Å². The monoisotopic (exact) mass is 201 g/mol. The topological polar surface area (TPSA) is 68.5 Å². The standard InChI is InChI=1S/C7H11N3O2S/c1-4-5(13-7(8)9-4)6(11)10(2)12-3/h1-3H3,(H2,8,9). The third-order valence-corrected chi connectivity index (χ3v) is 2.54. The summed E-state index contributed by atoms with van der Waals surface area (Å²) in [6.45, 7) is 1.74. The first-order chi connectivity index (χ1) is 6.06. The minimum atomic E-state index is -0.228. The van der Waals surface area contributed by atoms with Gasteiger partial charge in [0, 0.05) is 7.05 Å². The number of nitrogens with zero attached hydrogens (tertiary/aromatic N) is 2. The van der Waals surface area contributed by atoms with Gasteiger partial charge in [0.2, 0.25) is 0 Å². The Kier molecular flexibility index (Phi) is 2.84. The van der Waals surface area contributed by atoms with Crippen LogP contribution < -0.4 is 5.73 Å². The molecule has 1 rings (SSSR count). The molecule has 13 heavy (non-hydrogen) atoms. The van der Waals surface area contributed by atoms with Crippen molar-refractivity contribution in [2.75, 3.05) is 19.9 Å². The Hall–Kier alpha value is -1.14. The molecular weight excluding hydrogens is 190 g/mol. The summed E-state index contributed by atoms with van der Waals surface area (Å²) in [4.78, 5) is 20.7. The molecule has 0 bridgehead atoms. The van der Waals surface area contributed by atoms with E-state index < -0.39 is 0 Å². The lowest BCUT2D eigenvalue weighted by atomic mass is 10.4. The second kappa shape index (κ2) is 3.71. The van der Waals surface area contributed by atoms with Crippen molar-refractivity contribution in [3.05, 3.63) is 10.6 Å². The highest BCUT2D eigenvalue weighted by Crippen LogP contribution is 2.20. The van der Waals surface area contributed by atoms with Gasteiger partial charge in [-0.05, 0) is 6.92 Å². The summed E-state index contributed by atoms with van der Waals surface area (Å²) in [7, 11) is 2.97. The van der Waals surface area contributed by atoms with Gasteiger partial charge in [-0.2, -0.15) is 0 Å². The van der Waals surface area contributed by atoms with Gasteiger partial charge < -0.3 is 5.73 Å². The number of hydroxylamine groups is 2. The maximum atomic E-state index is 11.5. The zero-order chi connectivity index (χ0) is 10.0. The summed E-state index contributed by atoms with van der Waals surface area (Å²) in [5.41, 5.74) is 6.09. The molecule has 0 saturated carbocycles. The number of thiazole rings is 1. The molecule has 0 spiro atoms. The fourth-order valence-electron chi connectivity index (χ4n) is 0.842. The first-order valence-electron chi connectivity index (χ1n) is 3.61. The summed E-state index contributed by atoms with van der Waals surface area (Å²) < 4.78 is 0. The van der Waals surface area contributed by atoms with Crippen LogP contribution in [0, 0.1) is 6.92 Å². The van der Waals surface area contributed by atoms with E-state index in [1.54, 1.807) is 6.92 Å². The van der Waals surface area contributed by atoms with Crippen molar-refractivity contribution in [2.45, 2.75) is 6.92 Å². The number of rotatable bonds is 2. The zero-order valence-corrected chi connectivity index (χ0v) is 8.51. The second-order valence-electron chi connectivity index (χ2n) is 2.45. The summed E-state index contributed by atoms with van der Waals surface area (Å²) in [5, 5.41) is 1.53. The average Bonchev–Trinajstić information content (AvgIpc) is 2.42. The number of nitrogens with two attached hydrogens (primary N) is 1. The number of aryl methyl sites for hydroxylation is 1. The lowest BCUT2D eigenvalue weighted by Gasteiger charge is -2.11. The zero-order valence-electron chi connectivity index (χ0n) is 7.70. The normalized spacial score (nSPS) is 10.1. The van der Waals surface area contributed by atoms with Crippen molar-refractivity contribution in [3.63, 3.8) is 0 Å². The van der Waals surface area contributed by atoms with Gasteiger partial charge in [0.25, 0.3) is 5.91 Å². The van der Waals surface area contributed by atoms with Crippen LogP contribution in [-0.4, -0.2) is 30.1 Å². The minimum absolute atomic E-state index is 0.228. The molecule has 1 amide bonds. The van der Waals surface area contributed by atoms with Crippen molar-refractivity contribution < 1.29 is 9.63 Å². The van der Waals surface area contributed by atoms with E-state index in [1.165, 1.54) is 14.2 Å². The molecule has 0 radical (unpaired) electrons. The molecule has 2 N–H and O–H groups in total. The largest absolute Gasteiger partial charge is 0.375 e. The van der Waals surface area contributed by atoms with E-state index in [0.29, 0.717) is 15.7 Å². The molecule has 0 aliphatic heterocycles. The predicted octanol–water partition coefficient (Wildman–Crippen LogP) is 0.667. The molecule has 5 nitrogen and oxygen atoms in total. The van der Waals surface area contributed by atoms with Gasteiger partial charge >= 0.3 is 0 Å². The Bertz CT molecular complexity index is 324. The molecule has 1 heterocycles. The molecule has 0 aromatic carbocycles. The molecule has 0 saturated heterocycles. The SMILES string of the molecule is CON(C)C(=O)c1sc(N)nc1C. The summed E-state index contributed by atoms with van der Waals surface area (Å²) in [5.74, 6) is -0.228. The van der Waals surface area contributed by atoms with Crippen LogP contribution in [0.2, 0.25) is 0 Å².